The number of aromatic amines is 1. The summed E-state index contributed by atoms with van der Waals surface area (Å²) in [4.78, 5) is 34.1. The number of pyridine rings is 2. The molecule has 7 heterocycles. The zero-order valence-electron chi connectivity index (χ0n) is 22.3. The largest absolute Gasteiger partial charge is 0.461 e. The predicted octanol–water partition coefficient (Wildman–Crippen LogP) is 3.62. The molecule has 2 bridgehead atoms. The molecule has 0 radical (unpaired) electrons. The van der Waals surface area contributed by atoms with E-state index in [9.17, 15) is 4.79 Å². The highest BCUT2D eigenvalue weighted by molar-refractivity contribution is 5.98. The Morgan fingerprint density at radius 2 is 1.77 bits per heavy atom. The molecule has 40 heavy (non-hydrogen) atoms. The lowest BCUT2D eigenvalue weighted by Crippen LogP contribution is -2.51. The van der Waals surface area contributed by atoms with Crippen molar-refractivity contribution in [2.45, 2.75) is 56.1 Å². The van der Waals surface area contributed by atoms with Crippen LogP contribution in [-0.2, 0) is 0 Å². The zero-order chi connectivity index (χ0) is 26.8. The second-order valence-electron chi connectivity index (χ2n) is 11.8. The number of H-pyrrole nitrogens is 1. The third-order valence-corrected chi connectivity index (χ3v) is 9.51. The van der Waals surface area contributed by atoms with Gasteiger partial charge in [-0.1, -0.05) is 18.2 Å². The lowest BCUT2D eigenvalue weighted by molar-refractivity contribution is 0.108. The fourth-order valence-corrected chi connectivity index (χ4v) is 7.55. The quantitative estimate of drug-likeness (QED) is 0.395. The second-order valence-corrected chi connectivity index (χ2v) is 11.8. The zero-order valence-corrected chi connectivity index (χ0v) is 22.3. The van der Waals surface area contributed by atoms with Gasteiger partial charge < -0.3 is 19.9 Å². The number of ether oxygens (including phenoxy) is 1. The molecule has 2 atom stereocenters. The van der Waals surface area contributed by atoms with Crippen LogP contribution in [0.4, 0.5) is 10.2 Å². The average Bonchev–Trinajstić information content (AvgIpc) is 3.66. The summed E-state index contributed by atoms with van der Waals surface area (Å²) < 4.78 is 22.8. The SMILES string of the molecule is O=c1[nH]cc(-c2ncc3c(N4CC5CCC(C4)N5)nc(OCC45CCCN4CCC5)nc3c2F)c2ccccc12. The summed E-state index contributed by atoms with van der Waals surface area (Å²) in [5, 5.41) is 5.37. The van der Waals surface area contributed by atoms with E-state index < -0.39 is 5.82 Å². The van der Waals surface area contributed by atoms with Crippen LogP contribution in [0.5, 0.6) is 6.01 Å². The second kappa shape index (κ2) is 9.21. The first-order valence-electron chi connectivity index (χ1n) is 14.4. The molecular weight excluding hydrogens is 509 g/mol. The molecule has 4 fully saturated rings. The highest BCUT2D eigenvalue weighted by Gasteiger charge is 2.45. The van der Waals surface area contributed by atoms with Gasteiger partial charge in [0.15, 0.2) is 5.82 Å². The van der Waals surface area contributed by atoms with E-state index in [4.69, 9.17) is 9.72 Å². The average molecular weight is 542 g/mol. The van der Waals surface area contributed by atoms with Crippen molar-refractivity contribution in [2.24, 2.45) is 0 Å². The van der Waals surface area contributed by atoms with Gasteiger partial charge in [-0.2, -0.15) is 9.97 Å². The van der Waals surface area contributed by atoms with Gasteiger partial charge >= 0.3 is 6.01 Å². The maximum atomic E-state index is 16.5. The molecule has 0 amide bonds. The molecule has 2 unspecified atom stereocenters. The van der Waals surface area contributed by atoms with Crippen LogP contribution in [0.2, 0.25) is 0 Å². The Kier molecular flexibility index (Phi) is 5.57. The minimum Gasteiger partial charge on any atom is -0.461 e. The van der Waals surface area contributed by atoms with Gasteiger partial charge in [-0.25, -0.2) is 4.39 Å². The number of hydrogen-bond donors (Lipinski definition) is 2. The van der Waals surface area contributed by atoms with E-state index in [2.05, 4.69) is 30.1 Å². The third kappa shape index (κ3) is 3.80. The number of rotatable bonds is 5. The van der Waals surface area contributed by atoms with E-state index in [-0.39, 0.29) is 28.3 Å². The molecule has 3 aromatic heterocycles. The lowest BCUT2D eigenvalue weighted by atomic mass is 9.95. The monoisotopic (exact) mass is 541 g/mol. The van der Waals surface area contributed by atoms with E-state index >= 15 is 4.39 Å². The standard InChI is InChI=1S/C30H32FN7O2/c31-24-25(22-13-33-28(39)21-6-2-1-5-20(21)22)32-14-23-26(24)35-29(40-17-30-9-3-11-38(30)12-4-10-30)36-27(23)37-15-18-7-8-19(16-37)34-18/h1-2,5-6,13-14,18-19,34H,3-4,7-12,15-17H2,(H,33,39). The maximum Gasteiger partial charge on any atom is 0.319 e. The molecule has 9 nitrogen and oxygen atoms in total. The molecular formula is C30H32FN7O2. The van der Waals surface area contributed by atoms with Crippen molar-refractivity contribution in [3.05, 3.63) is 52.8 Å². The van der Waals surface area contributed by atoms with Crippen molar-refractivity contribution in [3.8, 4) is 17.3 Å². The lowest BCUT2D eigenvalue weighted by Gasteiger charge is -2.34. The predicted molar refractivity (Wildman–Crippen MR) is 151 cm³/mol. The van der Waals surface area contributed by atoms with Gasteiger partial charge in [0.2, 0.25) is 0 Å². The molecule has 4 aromatic rings. The van der Waals surface area contributed by atoms with E-state index in [1.54, 1.807) is 18.3 Å². The van der Waals surface area contributed by atoms with Crippen LogP contribution in [0, 0.1) is 5.82 Å². The molecule has 206 valence electrons. The van der Waals surface area contributed by atoms with Crippen molar-refractivity contribution in [1.29, 1.82) is 0 Å². The van der Waals surface area contributed by atoms with E-state index in [1.807, 2.05) is 12.1 Å². The summed E-state index contributed by atoms with van der Waals surface area (Å²) in [6, 6.07) is 8.17. The highest BCUT2D eigenvalue weighted by Crippen LogP contribution is 2.40. The van der Waals surface area contributed by atoms with Crippen molar-refractivity contribution in [2.75, 3.05) is 37.7 Å². The number of fused-ring (bicyclic) bond motifs is 5. The van der Waals surface area contributed by atoms with Crippen molar-refractivity contribution in [3.63, 3.8) is 0 Å². The summed E-state index contributed by atoms with van der Waals surface area (Å²) in [6.07, 6.45) is 10.0. The van der Waals surface area contributed by atoms with Gasteiger partial charge in [-0.05, 0) is 63.1 Å². The van der Waals surface area contributed by atoms with Gasteiger partial charge in [-0.3, -0.25) is 14.7 Å². The third-order valence-electron chi connectivity index (χ3n) is 9.51. The number of piperazine rings is 1. The summed E-state index contributed by atoms with van der Waals surface area (Å²) in [7, 11) is 0. The number of anilines is 1. The normalized spacial score (nSPS) is 23.8. The fraction of sp³-hybridized carbons (Fsp3) is 0.467. The molecule has 4 saturated heterocycles. The van der Waals surface area contributed by atoms with Crippen molar-refractivity contribution < 1.29 is 9.13 Å². The first kappa shape index (κ1) is 24.2. The number of benzene rings is 1. The highest BCUT2D eigenvalue weighted by atomic mass is 19.1. The summed E-state index contributed by atoms with van der Waals surface area (Å²) in [5.41, 5.74) is 0.666. The summed E-state index contributed by atoms with van der Waals surface area (Å²) >= 11 is 0. The van der Waals surface area contributed by atoms with Crippen LogP contribution in [-0.4, -0.2) is 75.2 Å². The number of aromatic nitrogens is 4. The van der Waals surface area contributed by atoms with E-state index in [0.717, 1.165) is 51.9 Å². The Bertz CT molecular complexity index is 1670. The van der Waals surface area contributed by atoms with Gasteiger partial charge in [0.1, 0.15) is 23.6 Å². The molecule has 8 rings (SSSR count). The first-order valence-corrected chi connectivity index (χ1v) is 14.4. The van der Waals surface area contributed by atoms with E-state index in [1.165, 1.54) is 19.0 Å². The smallest absolute Gasteiger partial charge is 0.319 e. The molecule has 4 aliphatic rings. The van der Waals surface area contributed by atoms with Crippen LogP contribution >= 0.6 is 0 Å². The Morgan fingerprint density at radius 1 is 1.02 bits per heavy atom. The van der Waals surface area contributed by atoms with Gasteiger partial charge in [0.25, 0.3) is 5.56 Å². The first-order chi connectivity index (χ1) is 19.6. The van der Waals surface area contributed by atoms with Crippen LogP contribution in [0.15, 0.2) is 41.5 Å². The van der Waals surface area contributed by atoms with Gasteiger partial charge in [-0.15, -0.1) is 0 Å². The number of halogens is 1. The van der Waals surface area contributed by atoms with Crippen molar-refractivity contribution >= 4 is 27.5 Å². The molecule has 0 saturated carbocycles. The van der Waals surface area contributed by atoms with Crippen molar-refractivity contribution in [1.82, 2.24) is 30.2 Å². The number of nitrogens with zero attached hydrogens (tertiary/aromatic N) is 5. The minimum absolute atomic E-state index is 0.0312. The Labute approximate surface area is 230 Å². The molecule has 4 aliphatic heterocycles. The summed E-state index contributed by atoms with van der Waals surface area (Å²) in [6.45, 7) is 4.32. The Morgan fingerprint density at radius 3 is 2.55 bits per heavy atom. The Balaban J connectivity index is 1.25. The maximum absolute atomic E-state index is 16.5. The van der Waals surface area contributed by atoms with Crippen LogP contribution < -0.4 is 20.5 Å². The fourth-order valence-electron chi connectivity index (χ4n) is 7.55. The van der Waals surface area contributed by atoms with Gasteiger partial charge in [0.05, 0.1) is 10.9 Å². The molecule has 0 spiro atoms. The van der Waals surface area contributed by atoms with E-state index in [0.29, 0.717) is 46.2 Å². The molecule has 1 aromatic carbocycles. The number of nitrogens with one attached hydrogen (secondary N) is 2. The summed E-state index contributed by atoms with van der Waals surface area (Å²) in [5.74, 6) is 0.137. The molecule has 10 heteroatoms. The van der Waals surface area contributed by atoms with Crippen LogP contribution in [0.25, 0.3) is 32.9 Å². The minimum atomic E-state index is -0.539. The number of hydrogen-bond acceptors (Lipinski definition) is 8. The molecule has 2 N–H and O–H groups in total. The van der Waals surface area contributed by atoms with Gasteiger partial charge in [0, 0.05) is 48.5 Å². The van der Waals surface area contributed by atoms with Crippen LogP contribution in [0.1, 0.15) is 38.5 Å². The van der Waals surface area contributed by atoms with Crippen LogP contribution in [0.3, 0.4) is 0 Å². The topological polar surface area (TPSA) is 99.3 Å². The Hall–Kier alpha value is -3.63. The molecule has 0 aliphatic carbocycles.